The normalized spacial score (nSPS) is 15.5. The molecule has 1 aliphatic rings. The number of pyridine rings is 1. The minimum Gasteiger partial charge on any atom is -0.497 e. The molecule has 0 amide bonds. The first kappa shape index (κ1) is 22.5. The SMILES string of the molecule is CCC(C)(C)n1nnnc1CN(Cc1cc2ccc(OC)cc2[nH]c1=O)C1CCCCC1. The van der Waals surface area contributed by atoms with Gasteiger partial charge in [-0.2, -0.15) is 0 Å². The predicted octanol–water partition coefficient (Wildman–Crippen LogP) is 4.00. The molecule has 8 heteroatoms. The van der Waals surface area contributed by atoms with Crippen molar-refractivity contribution >= 4 is 10.9 Å². The molecule has 32 heavy (non-hydrogen) atoms. The molecule has 3 aromatic rings. The van der Waals surface area contributed by atoms with Crippen LogP contribution in [-0.2, 0) is 18.6 Å². The lowest BCUT2D eigenvalue weighted by Crippen LogP contribution is -2.39. The summed E-state index contributed by atoms with van der Waals surface area (Å²) in [6.07, 6.45) is 6.94. The summed E-state index contributed by atoms with van der Waals surface area (Å²) in [5.41, 5.74) is 1.34. The number of ether oxygens (including phenoxy) is 1. The highest BCUT2D eigenvalue weighted by Gasteiger charge is 2.28. The van der Waals surface area contributed by atoms with Gasteiger partial charge in [-0.1, -0.05) is 26.2 Å². The van der Waals surface area contributed by atoms with Gasteiger partial charge in [0, 0.05) is 24.2 Å². The number of hydrogen-bond acceptors (Lipinski definition) is 6. The molecule has 1 aliphatic carbocycles. The molecule has 0 aliphatic heterocycles. The van der Waals surface area contributed by atoms with Crippen LogP contribution >= 0.6 is 0 Å². The summed E-state index contributed by atoms with van der Waals surface area (Å²) in [5, 5.41) is 13.6. The van der Waals surface area contributed by atoms with Crippen molar-refractivity contribution in [2.75, 3.05) is 7.11 Å². The summed E-state index contributed by atoms with van der Waals surface area (Å²) >= 11 is 0. The third kappa shape index (κ3) is 4.70. The molecular formula is C24H34N6O2. The average molecular weight is 439 g/mol. The number of aromatic amines is 1. The summed E-state index contributed by atoms with van der Waals surface area (Å²) in [6, 6.07) is 8.19. The smallest absolute Gasteiger partial charge is 0.252 e. The third-order valence-corrected chi connectivity index (χ3v) is 6.91. The van der Waals surface area contributed by atoms with Crippen molar-refractivity contribution in [2.45, 2.75) is 84.0 Å². The van der Waals surface area contributed by atoms with Crippen molar-refractivity contribution < 1.29 is 4.74 Å². The number of methoxy groups -OCH3 is 1. The second-order valence-corrected chi connectivity index (χ2v) is 9.45. The number of benzene rings is 1. The topological polar surface area (TPSA) is 88.9 Å². The van der Waals surface area contributed by atoms with E-state index in [1.807, 2.05) is 28.9 Å². The van der Waals surface area contributed by atoms with Gasteiger partial charge in [0.05, 0.1) is 24.7 Å². The lowest BCUT2D eigenvalue weighted by atomic mass is 9.93. The van der Waals surface area contributed by atoms with Gasteiger partial charge in [0.25, 0.3) is 5.56 Å². The summed E-state index contributed by atoms with van der Waals surface area (Å²) in [7, 11) is 1.63. The fraction of sp³-hybridized carbons (Fsp3) is 0.583. The Bertz CT molecular complexity index is 1110. The second kappa shape index (κ2) is 9.40. The monoisotopic (exact) mass is 438 g/mol. The zero-order chi connectivity index (χ0) is 22.7. The molecule has 0 bridgehead atoms. The van der Waals surface area contributed by atoms with Crippen LogP contribution in [0.4, 0.5) is 0 Å². The minimum atomic E-state index is -0.156. The lowest BCUT2D eigenvalue weighted by Gasteiger charge is -2.34. The first-order valence-electron chi connectivity index (χ1n) is 11.6. The summed E-state index contributed by atoms with van der Waals surface area (Å²) < 4.78 is 7.24. The maximum absolute atomic E-state index is 13.0. The Kier molecular flexibility index (Phi) is 6.60. The molecular weight excluding hydrogens is 404 g/mol. The molecule has 0 radical (unpaired) electrons. The molecule has 1 N–H and O–H groups in total. The quantitative estimate of drug-likeness (QED) is 0.572. The summed E-state index contributed by atoms with van der Waals surface area (Å²) in [5.74, 6) is 1.58. The molecule has 0 unspecified atom stereocenters. The molecule has 1 saturated carbocycles. The van der Waals surface area contributed by atoms with E-state index in [0.717, 1.165) is 47.3 Å². The fourth-order valence-electron chi connectivity index (χ4n) is 4.55. The van der Waals surface area contributed by atoms with Gasteiger partial charge in [-0.15, -0.1) is 5.10 Å². The number of aromatic nitrogens is 5. The van der Waals surface area contributed by atoms with Crippen molar-refractivity contribution in [2.24, 2.45) is 0 Å². The Morgan fingerprint density at radius 1 is 1.19 bits per heavy atom. The highest BCUT2D eigenvalue weighted by molar-refractivity contribution is 5.80. The third-order valence-electron chi connectivity index (χ3n) is 6.91. The van der Waals surface area contributed by atoms with Gasteiger partial charge in [0.15, 0.2) is 5.82 Å². The molecule has 2 heterocycles. The van der Waals surface area contributed by atoms with E-state index in [9.17, 15) is 4.79 Å². The molecule has 1 fully saturated rings. The number of H-pyrrole nitrogens is 1. The van der Waals surface area contributed by atoms with Crippen molar-refractivity contribution in [1.82, 2.24) is 30.1 Å². The number of nitrogens with one attached hydrogen (secondary N) is 1. The molecule has 0 spiro atoms. The Morgan fingerprint density at radius 2 is 1.97 bits per heavy atom. The molecule has 4 rings (SSSR count). The van der Waals surface area contributed by atoms with Crippen LogP contribution in [0.15, 0.2) is 29.1 Å². The van der Waals surface area contributed by atoms with Gasteiger partial charge >= 0.3 is 0 Å². The van der Waals surface area contributed by atoms with E-state index in [-0.39, 0.29) is 11.1 Å². The van der Waals surface area contributed by atoms with Gasteiger partial charge in [0.2, 0.25) is 0 Å². The van der Waals surface area contributed by atoms with Crippen LogP contribution in [0.2, 0.25) is 0 Å². The number of rotatable bonds is 8. The molecule has 8 nitrogen and oxygen atoms in total. The highest BCUT2D eigenvalue weighted by atomic mass is 16.5. The Balaban J connectivity index is 1.66. The molecule has 2 aromatic heterocycles. The first-order valence-corrected chi connectivity index (χ1v) is 11.6. The van der Waals surface area contributed by atoms with Crippen molar-refractivity contribution in [3.05, 3.63) is 46.0 Å². The van der Waals surface area contributed by atoms with Gasteiger partial charge in [-0.25, -0.2) is 4.68 Å². The fourth-order valence-corrected chi connectivity index (χ4v) is 4.55. The van der Waals surface area contributed by atoms with Gasteiger partial charge in [0.1, 0.15) is 5.75 Å². The van der Waals surface area contributed by atoms with Crippen molar-refractivity contribution in [3.63, 3.8) is 0 Å². The number of hydrogen-bond donors (Lipinski definition) is 1. The van der Waals surface area contributed by atoms with Crippen molar-refractivity contribution in [1.29, 1.82) is 0 Å². The van der Waals surface area contributed by atoms with E-state index < -0.39 is 0 Å². The number of fused-ring (bicyclic) bond motifs is 1. The molecule has 172 valence electrons. The minimum absolute atomic E-state index is 0.0555. The van der Waals surface area contributed by atoms with E-state index in [2.05, 4.69) is 46.2 Å². The van der Waals surface area contributed by atoms with Crippen LogP contribution in [0.5, 0.6) is 5.75 Å². The number of nitrogens with zero attached hydrogens (tertiary/aromatic N) is 5. The highest BCUT2D eigenvalue weighted by Crippen LogP contribution is 2.27. The standard InChI is InChI=1S/C24H34N6O2/c1-5-24(2,3)30-22(26-27-28-30)16-29(19-9-7-6-8-10-19)15-18-13-17-11-12-20(32-4)14-21(17)25-23(18)31/h11-14,19H,5-10,15-16H2,1-4H3,(H,25,31). The second-order valence-electron chi connectivity index (χ2n) is 9.45. The zero-order valence-electron chi connectivity index (χ0n) is 19.6. The maximum Gasteiger partial charge on any atom is 0.252 e. The van der Waals surface area contributed by atoms with Gasteiger partial charge < -0.3 is 9.72 Å². The van der Waals surface area contributed by atoms with E-state index in [4.69, 9.17) is 4.74 Å². The van der Waals surface area contributed by atoms with Crippen LogP contribution in [0.3, 0.4) is 0 Å². The Morgan fingerprint density at radius 3 is 2.69 bits per heavy atom. The van der Waals surface area contributed by atoms with Crippen LogP contribution in [0, 0.1) is 0 Å². The molecule has 1 aromatic carbocycles. The van der Waals surface area contributed by atoms with Crippen LogP contribution in [0.1, 0.15) is 70.7 Å². The molecule has 0 saturated heterocycles. The number of tetrazole rings is 1. The van der Waals surface area contributed by atoms with Crippen molar-refractivity contribution in [3.8, 4) is 5.75 Å². The zero-order valence-corrected chi connectivity index (χ0v) is 19.6. The first-order chi connectivity index (χ1) is 15.4. The van der Waals surface area contributed by atoms with Crippen LogP contribution in [-0.4, -0.2) is 43.2 Å². The van der Waals surface area contributed by atoms with E-state index in [1.165, 1.54) is 19.3 Å². The summed E-state index contributed by atoms with van der Waals surface area (Å²) in [4.78, 5) is 18.4. The van der Waals surface area contributed by atoms with Gasteiger partial charge in [-0.3, -0.25) is 9.69 Å². The van der Waals surface area contributed by atoms with E-state index >= 15 is 0 Å². The Labute approximate surface area is 189 Å². The largest absolute Gasteiger partial charge is 0.497 e. The van der Waals surface area contributed by atoms with Crippen LogP contribution in [0.25, 0.3) is 10.9 Å². The van der Waals surface area contributed by atoms with E-state index in [1.54, 1.807) is 7.11 Å². The summed E-state index contributed by atoms with van der Waals surface area (Å²) in [6.45, 7) is 7.65. The Hall–Kier alpha value is -2.74. The predicted molar refractivity (Wildman–Crippen MR) is 125 cm³/mol. The van der Waals surface area contributed by atoms with Gasteiger partial charge in [-0.05, 0) is 67.1 Å². The maximum atomic E-state index is 13.0. The van der Waals surface area contributed by atoms with Crippen LogP contribution < -0.4 is 10.3 Å². The lowest BCUT2D eigenvalue weighted by molar-refractivity contribution is 0.129. The van der Waals surface area contributed by atoms with E-state index in [0.29, 0.717) is 19.1 Å². The average Bonchev–Trinajstić information content (AvgIpc) is 3.28. The molecule has 0 atom stereocenters.